The van der Waals surface area contributed by atoms with Crippen LogP contribution in [0.25, 0.3) is 0 Å². The number of nitro groups is 1. The fraction of sp³-hybridized carbons (Fsp3) is 0.474. The summed E-state index contributed by atoms with van der Waals surface area (Å²) in [5, 5.41) is 17.7. The number of hydrogen-bond acceptors (Lipinski definition) is 8. The standard InChI is InChI=1S/C19H25N5O5/c1-14-11-15(21-29-14)13-23-9-7-22(8-10-23)6-5-19(25)20-17-12-16(24(26)27)3-4-18(17)28-2/h3-4,11-12H,5-10,13H2,1-2H3,(H,20,25). The van der Waals surface area contributed by atoms with E-state index >= 15 is 0 Å². The minimum absolute atomic E-state index is 0.0977. The molecule has 1 fully saturated rings. The summed E-state index contributed by atoms with van der Waals surface area (Å²) in [6.45, 7) is 6.79. The summed E-state index contributed by atoms with van der Waals surface area (Å²) in [6, 6.07) is 6.07. The molecule has 156 valence electrons. The summed E-state index contributed by atoms with van der Waals surface area (Å²) >= 11 is 0. The molecule has 0 saturated carbocycles. The van der Waals surface area contributed by atoms with Crippen LogP contribution in [0.1, 0.15) is 17.9 Å². The second kappa shape index (κ2) is 9.48. The number of methoxy groups -OCH3 is 1. The summed E-state index contributed by atoms with van der Waals surface area (Å²) in [4.78, 5) is 27.3. The molecule has 0 bridgehead atoms. The highest BCUT2D eigenvalue weighted by Crippen LogP contribution is 2.28. The van der Waals surface area contributed by atoms with Crippen LogP contribution >= 0.6 is 0 Å². The first kappa shape index (κ1) is 20.7. The van der Waals surface area contributed by atoms with Crippen molar-refractivity contribution < 1.29 is 19.0 Å². The second-order valence-electron chi connectivity index (χ2n) is 6.99. The van der Waals surface area contributed by atoms with Crippen molar-refractivity contribution >= 4 is 17.3 Å². The maximum atomic E-state index is 12.3. The molecule has 0 spiro atoms. The lowest BCUT2D eigenvalue weighted by Crippen LogP contribution is -2.46. The fourth-order valence-electron chi connectivity index (χ4n) is 3.27. The van der Waals surface area contributed by atoms with Crippen molar-refractivity contribution in [2.24, 2.45) is 0 Å². The number of carbonyl (C=O) groups excluding carboxylic acids is 1. The van der Waals surface area contributed by atoms with E-state index < -0.39 is 4.92 Å². The molecule has 0 radical (unpaired) electrons. The highest BCUT2D eigenvalue weighted by molar-refractivity contribution is 5.92. The Morgan fingerprint density at radius 2 is 2.00 bits per heavy atom. The maximum Gasteiger partial charge on any atom is 0.271 e. The summed E-state index contributed by atoms with van der Waals surface area (Å²) in [5.74, 6) is 0.995. The third kappa shape index (κ3) is 5.75. The molecule has 10 heteroatoms. The van der Waals surface area contributed by atoms with Crippen molar-refractivity contribution in [3.8, 4) is 5.75 Å². The number of rotatable bonds is 8. The number of benzene rings is 1. The van der Waals surface area contributed by atoms with Gasteiger partial charge in [-0.25, -0.2) is 0 Å². The molecule has 1 aliphatic heterocycles. The second-order valence-corrected chi connectivity index (χ2v) is 6.99. The molecule has 1 aromatic carbocycles. The number of amides is 1. The van der Waals surface area contributed by atoms with Gasteiger partial charge >= 0.3 is 0 Å². The van der Waals surface area contributed by atoms with Crippen LogP contribution in [0.4, 0.5) is 11.4 Å². The minimum Gasteiger partial charge on any atom is -0.495 e. The molecule has 0 aliphatic carbocycles. The lowest BCUT2D eigenvalue weighted by Gasteiger charge is -2.34. The van der Waals surface area contributed by atoms with Crippen LogP contribution in [0.3, 0.4) is 0 Å². The van der Waals surface area contributed by atoms with Gasteiger partial charge in [0.05, 0.1) is 23.4 Å². The molecule has 1 aromatic heterocycles. The SMILES string of the molecule is COc1ccc([N+](=O)[O-])cc1NC(=O)CCN1CCN(Cc2cc(C)on2)CC1. The molecular weight excluding hydrogens is 378 g/mol. The summed E-state index contributed by atoms with van der Waals surface area (Å²) < 4.78 is 10.3. The van der Waals surface area contributed by atoms with Crippen molar-refractivity contribution in [3.63, 3.8) is 0 Å². The molecule has 1 saturated heterocycles. The fourth-order valence-corrected chi connectivity index (χ4v) is 3.27. The molecule has 29 heavy (non-hydrogen) atoms. The molecule has 1 N–H and O–H groups in total. The number of non-ortho nitro benzene ring substituents is 1. The Balaban J connectivity index is 1.44. The number of nitrogens with one attached hydrogen (secondary N) is 1. The van der Waals surface area contributed by atoms with E-state index in [-0.39, 0.29) is 11.6 Å². The van der Waals surface area contributed by atoms with Crippen molar-refractivity contribution in [2.45, 2.75) is 19.9 Å². The van der Waals surface area contributed by atoms with Crippen LogP contribution in [-0.2, 0) is 11.3 Å². The van der Waals surface area contributed by atoms with Gasteiger partial charge in [0.2, 0.25) is 5.91 Å². The lowest BCUT2D eigenvalue weighted by atomic mass is 10.2. The Hall–Kier alpha value is -2.98. The largest absolute Gasteiger partial charge is 0.495 e. The number of aromatic nitrogens is 1. The van der Waals surface area contributed by atoms with E-state index in [0.29, 0.717) is 24.4 Å². The van der Waals surface area contributed by atoms with E-state index in [2.05, 4.69) is 20.3 Å². The van der Waals surface area contributed by atoms with E-state index in [9.17, 15) is 14.9 Å². The molecule has 3 rings (SSSR count). The average Bonchev–Trinajstić information content (AvgIpc) is 3.12. The van der Waals surface area contributed by atoms with Crippen LogP contribution < -0.4 is 10.1 Å². The third-order valence-corrected chi connectivity index (χ3v) is 4.85. The van der Waals surface area contributed by atoms with Gasteiger partial charge in [-0.15, -0.1) is 0 Å². The zero-order chi connectivity index (χ0) is 20.8. The molecule has 2 heterocycles. The highest BCUT2D eigenvalue weighted by atomic mass is 16.6. The predicted molar refractivity (Wildman–Crippen MR) is 106 cm³/mol. The van der Waals surface area contributed by atoms with Crippen molar-refractivity contribution in [3.05, 3.63) is 45.8 Å². The van der Waals surface area contributed by atoms with Crippen LogP contribution in [0, 0.1) is 17.0 Å². The predicted octanol–water partition coefficient (Wildman–Crippen LogP) is 2.05. The molecule has 10 nitrogen and oxygen atoms in total. The lowest BCUT2D eigenvalue weighted by molar-refractivity contribution is -0.384. The van der Waals surface area contributed by atoms with Crippen LogP contribution in [0.15, 0.2) is 28.8 Å². The zero-order valence-electron chi connectivity index (χ0n) is 16.6. The monoisotopic (exact) mass is 403 g/mol. The van der Waals surface area contributed by atoms with Gasteiger partial charge in [-0.3, -0.25) is 19.8 Å². The Morgan fingerprint density at radius 3 is 2.62 bits per heavy atom. The van der Waals surface area contributed by atoms with Crippen LogP contribution in [0.5, 0.6) is 5.75 Å². The molecule has 2 aromatic rings. The molecular formula is C19H25N5O5. The highest BCUT2D eigenvalue weighted by Gasteiger charge is 2.19. The first-order chi connectivity index (χ1) is 13.9. The van der Waals surface area contributed by atoms with E-state index in [1.807, 2.05) is 13.0 Å². The van der Waals surface area contributed by atoms with Gasteiger partial charge in [0.15, 0.2) is 0 Å². The van der Waals surface area contributed by atoms with E-state index in [4.69, 9.17) is 9.26 Å². The number of nitro benzene ring substituents is 1. The molecule has 1 aliphatic rings. The van der Waals surface area contributed by atoms with Crippen molar-refractivity contribution in [2.75, 3.05) is 45.2 Å². The number of anilines is 1. The average molecular weight is 403 g/mol. The van der Waals surface area contributed by atoms with Gasteiger partial charge in [-0.05, 0) is 13.0 Å². The van der Waals surface area contributed by atoms with Gasteiger partial charge in [0.25, 0.3) is 5.69 Å². The van der Waals surface area contributed by atoms with Gasteiger partial charge in [-0.2, -0.15) is 0 Å². The number of carbonyl (C=O) groups is 1. The number of aryl methyl sites for hydroxylation is 1. The Bertz CT molecular complexity index is 860. The Labute approximate surface area is 168 Å². The normalized spacial score (nSPS) is 15.2. The van der Waals surface area contributed by atoms with Crippen molar-refractivity contribution in [1.82, 2.24) is 15.0 Å². The van der Waals surface area contributed by atoms with E-state index in [1.54, 1.807) is 0 Å². The smallest absolute Gasteiger partial charge is 0.271 e. The van der Waals surface area contributed by atoms with Gasteiger partial charge in [-0.1, -0.05) is 5.16 Å². The number of hydrogen-bond donors (Lipinski definition) is 1. The quantitative estimate of drug-likeness (QED) is 0.526. The minimum atomic E-state index is -0.505. The third-order valence-electron chi connectivity index (χ3n) is 4.85. The molecule has 0 atom stereocenters. The zero-order valence-corrected chi connectivity index (χ0v) is 16.6. The van der Waals surface area contributed by atoms with Gasteiger partial charge < -0.3 is 19.5 Å². The van der Waals surface area contributed by atoms with Crippen LogP contribution in [0.2, 0.25) is 0 Å². The van der Waals surface area contributed by atoms with Gasteiger partial charge in [0, 0.05) is 63.9 Å². The van der Waals surface area contributed by atoms with E-state index in [0.717, 1.165) is 44.2 Å². The summed E-state index contributed by atoms with van der Waals surface area (Å²) in [6.07, 6.45) is 0.300. The van der Waals surface area contributed by atoms with Crippen LogP contribution in [-0.4, -0.2) is 65.6 Å². The topological polar surface area (TPSA) is 114 Å². The number of piperazine rings is 1. The number of ether oxygens (including phenoxy) is 1. The van der Waals surface area contributed by atoms with E-state index in [1.165, 1.54) is 25.3 Å². The number of nitrogens with zero attached hydrogens (tertiary/aromatic N) is 4. The molecule has 0 unspecified atom stereocenters. The first-order valence-electron chi connectivity index (χ1n) is 9.44. The molecule has 1 amide bonds. The van der Waals surface area contributed by atoms with Crippen molar-refractivity contribution in [1.29, 1.82) is 0 Å². The summed E-state index contributed by atoms with van der Waals surface area (Å²) in [7, 11) is 1.46. The Morgan fingerprint density at radius 1 is 1.28 bits per heavy atom. The maximum absolute atomic E-state index is 12.3. The first-order valence-corrected chi connectivity index (χ1v) is 9.44. The Kier molecular flexibility index (Phi) is 6.78. The van der Waals surface area contributed by atoms with Gasteiger partial charge in [0.1, 0.15) is 11.5 Å². The summed E-state index contributed by atoms with van der Waals surface area (Å²) in [5.41, 5.74) is 1.14.